The van der Waals surface area contributed by atoms with Crippen LogP contribution in [0.15, 0.2) is 0 Å². The lowest BCUT2D eigenvalue weighted by Gasteiger charge is -2.28. The van der Waals surface area contributed by atoms with Gasteiger partial charge in [0.05, 0.1) is 26.2 Å². The van der Waals surface area contributed by atoms with E-state index in [0.717, 1.165) is 6.42 Å². The topological polar surface area (TPSA) is 159 Å². The molecule has 0 spiro atoms. The summed E-state index contributed by atoms with van der Waals surface area (Å²) in [5.41, 5.74) is 0. The minimum atomic E-state index is -1.16. The van der Waals surface area contributed by atoms with Gasteiger partial charge in [0.25, 0.3) is 0 Å². The summed E-state index contributed by atoms with van der Waals surface area (Å²) in [4.78, 5) is 49.4. The van der Waals surface area contributed by atoms with Gasteiger partial charge < -0.3 is 20.4 Å². The van der Waals surface area contributed by atoms with E-state index in [4.69, 9.17) is 10.2 Å². The van der Waals surface area contributed by atoms with Crippen molar-refractivity contribution in [2.45, 2.75) is 63.1 Å². The Bertz CT molecular complexity index is 641. The van der Waals surface area contributed by atoms with Gasteiger partial charge >= 0.3 is 23.9 Å². The fourth-order valence-electron chi connectivity index (χ4n) is 4.69. The monoisotopic (exact) mass is 517 g/mol. The second-order valence-electron chi connectivity index (χ2n) is 9.54. The molecule has 0 bridgehead atoms. The Hall–Kier alpha value is -2.02. The Kier molecular flexibility index (Phi) is 16.2. The number of carboxylic acids is 4. The zero-order valence-electron chi connectivity index (χ0n) is 20.8. The van der Waals surface area contributed by atoms with Crippen LogP contribution in [0.5, 0.6) is 0 Å². The summed E-state index contributed by atoms with van der Waals surface area (Å²) in [6.45, 7) is 0.272. The molecule has 35 heavy (non-hydrogen) atoms. The van der Waals surface area contributed by atoms with Crippen LogP contribution >= 0.6 is 0 Å². The van der Waals surface area contributed by atoms with Crippen molar-refractivity contribution < 1.29 is 39.6 Å². The van der Waals surface area contributed by atoms with Gasteiger partial charge in [0.15, 0.2) is 0 Å². The van der Waals surface area contributed by atoms with Gasteiger partial charge in [-0.25, -0.2) is 0 Å². The number of aliphatic carboxylic acids is 4. The maximum absolute atomic E-state index is 11.4. The molecule has 1 heterocycles. The number of hydrogen-bond donors (Lipinski definition) is 4. The Labute approximate surface area is 209 Å². The number of carboxylic acid groups (broad SMARTS) is 4. The van der Waals surface area contributed by atoms with Crippen LogP contribution in [-0.4, -0.2) is 127 Å². The van der Waals surface area contributed by atoms with Crippen LogP contribution in [0, 0.1) is 0 Å². The fourth-order valence-corrected chi connectivity index (χ4v) is 8.05. The molecule has 0 atom stereocenters. The molecule has 12 heteroatoms. The van der Waals surface area contributed by atoms with Gasteiger partial charge in [-0.1, -0.05) is 56.7 Å². The molecule has 202 valence electrons. The molecule has 0 aromatic heterocycles. The Balaban J connectivity index is 2.60. The molecule has 0 amide bonds. The molecular weight excluding hydrogens is 474 g/mol. The molecular formula is C23H43N3O8Si. The normalized spacial score (nSPS) is 15.6. The number of carbonyl (C=O) groups is 4. The fraction of sp³-hybridized carbons (Fsp3) is 0.826. The summed E-state index contributed by atoms with van der Waals surface area (Å²) in [6.07, 6.45) is 8.92. The molecule has 0 aromatic rings. The van der Waals surface area contributed by atoms with Crippen molar-refractivity contribution in [2.75, 3.05) is 58.9 Å². The third kappa shape index (κ3) is 17.1. The van der Waals surface area contributed by atoms with Crippen LogP contribution in [0.2, 0.25) is 18.1 Å². The summed E-state index contributed by atoms with van der Waals surface area (Å²) in [5, 5.41) is 36.6. The van der Waals surface area contributed by atoms with Crippen molar-refractivity contribution in [3.63, 3.8) is 0 Å². The average Bonchev–Trinajstić information content (AvgIpc) is 2.87. The van der Waals surface area contributed by atoms with E-state index < -0.39 is 45.8 Å². The van der Waals surface area contributed by atoms with Gasteiger partial charge in [0.2, 0.25) is 0 Å². The van der Waals surface area contributed by atoms with Crippen molar-refractivity contribution in [1.82, 2.24) is 14.7 Å². The van der Waals surface area contributed by atoms with Gasteiger partial charge in [0.1, 0.15) is 0 Å². The van der Waals surface area contributed by atoms with Crippen molar-refractivity contribution in [3.05, 3.63) is 0 Å². The number of nitrogens with zero attached hydrogens (tertiary/aromatic N) is 3. The van der Waals surface area contributed by atoms with E-state index in [1.165, 1.54) is 61.6 Å². The standard InChI is InChI=1S/C23H43N3O8Si/c27-20(28)16-24(8-7-15-35-13-5-3-1-2-4-6-14-35)9-10-25(17-21(29)30)11-12-26(18-22(31)32)19-23(33)34/h35H,1-19H2,(H,27,28)(H,29,30)(H,31,32)(H,33,34). The molecule has 1 saturated heterocycles. The highest BCUT2D eigenvalue weighted by molar-refractivity contribution is 6.58. The quantitative estimate of drug-likeness (QED) is 0.194. The molecule has 0 unspecified atom stereocenters. The lowest BCUT2D eigenvalue weighted by Crippen LogP contribution is -2.44. The van der Waals surface area contributed by atoms with Crippen molar-refractivity contribution in [3.8, 4) is 0 Å². The van der Waals surface area contributed by atoms with Crippen LogP contribution < -0.4 is 0 Å². The van der Waals surface area contributed by atoms with E-state index in [9.17, 15) is 29.4 Å². The zero-order chi connectivity index (χ0) is 26.1. The lowest BCUT2D eigenvalue weighted by molar-refractivity contribution is -0.143. The highest BCUT2D eigenvalue weighted by Gasteiger charge is 2.19. The molecule has 1 fully saturated rings. The molecule has 0 radical (unpaired) electrons. The Morgan fingerprint density at radius 1 is 0.514 bits per heavy atom. The Morgan fingerprint density at radius 3 is 1.29 bits per heavy atom. The molecule has 11 nitrogen and oxygen atoms in total. The predicted octanol–water partition coefficient (Wildman–Crippen LogP) is 1.20. The molecule has 4 N–H and O–H groups in total. The molecule has 0 saturated carbocycles. The highest BCUT2D eigenvalue weighted by Crippen LogP contribution is 2.21. The van der Waals surface area contributed by atoms with E-state index in [2.05, 4.69) is 0 Å². The largest absolute Gasteiger partial charge is 0.480 e. The van der Waals surface area contributed by atoms with E-state index in [1.54, 1.807) is 4.90 Å². The Morgan fingerprint density at radius 2 is 0.857 bits per heavy atom. The minimum absolute atomic E-state index is 0.0814. The van der Waals surface area contributed by atoms with Gasteiger partial charge in [0, 0.05) is 35.0 Å². The summed E-state index contributed by atoms with van der Waals surface area (Å²) in [7, 11) is -0.794. The second-order valence-corrected chi connectivity index (χ2v) is 13.0. The van der Waals surface area contributed by atoms with Crippen molar-refractivity contribution in [2.24, 2.45) is 0 Å². The SMILES string of the molecule is O=C(O)CN(CCC[SiH]1CCCCCCCC1)CCN(CCN(CC(=O)O)CC(=O)O)CC(=O)O. The van der Waals surface area contributed by atoms with Gasteiger partial charge in [-0.3, -0.25) is 33.9 Å². The first kappa shape index (κ1) is 31.0. The van der Waals surface area contributed by atoms with Crippen LogP contribution in [-0.2, 0) is 19.2 Å². The van der Waals surface area contributed by atoms with Crippen LogP contribution in [0.1, 0.15) is 44.9 Å². The first-order valence-electron chi connectivity index (χ1n) is 12.7. The summed E-state index contributed by atoms with van der Waals surface area (Å²) in [6, 6.07) is 3.94. The first-order chi connectivity index (χ1) is 16.7. The smallest absolute Gasteiger partial charge is 0.317 e. The van der Waals surface area contributed by atoms with Gasteiger partial charge in [-0.15, -0.1) is 0 Å². The van der Waals surface area contributed by atoms with E-state index >= 15 is 0 Å². The van der Waals surface area contributed by atoms with Crippen LogP contribution in [0.4, 0.5) is 0 Å². The van der Waals surface area contributed by atoms with Crippen molar-refractivity contribution >= 4 is 32.7 Å². The van der Waals surface area contributed by atoms with Gasteiger partial charge in [-0.2, -0.15) is 0 Å². The molecule has 0 aromatic carbocycles. The second kappa shape index (κ2) is 18.3. The number of hydrogen-bond acceptors (Lipinski definition) is 7. The summed E-state index contributed by atoms with van der Waals surface area (Å²) in [5.74, 6) is -4.30. The minimum Gasteiger partial charge on any atom is -0.480 e. The highest BCUT2D eigenvalue weighted by atomic mass is 28.3. The van der Waals surface area contributed by atoms with E-state index in [1.807, 2.05) is 4.90 Å². The summed E-state index contributed by atoms with van der Waals surface area (Å²) < 4.78 is 0. The lowest BCUT2D eigenvalue weighted by atomic mass is 10.1. The third-order valence-electron chi connectivity index (χ3n) is 6.46. The molecule has 1 aliphatic rings. The predicted molar refractivity (Wildman–Crippen MR) is 134 cm³/mol. The molecule has 1 aliphatic heterocycles. The molecule has 0 aliphatic carbocycles. The number of rotatable bonds is 18. The zero-order valence-corrected chi connectivity index (χ0v) is 21.9. The van der Waals surface area contributed by atoms with Crippen LogP contribution in [0.25, 0.3) is 0 Å². The molecule has 1 rings (SSSR count). The van der Waals surface area contributed by atoms with Crippen LogP contribution in [0.3, 0.4) is 0 Å². The maximum atomic E-state index is 11.4. The van der Waals surface area contributed by atoms with Gasteiger partial charge in [-0.05, 0) is 13.0 Å². The maximum Gasteiger partial charge on any atom is 0.317 e. The van der Waals surface area contributed by atoms with Crippen molar-refractivity contribution in [1.29, 1.82) is 0 Å². The average molecular weight is 518 g/mol. The summed E-state index contributed by atoms with van der Waals surface area (Å²) >= 11 is 0. The van der Waals surface area contributed by atoms with E-state index in [-0.39, 0.29) is 26.2 Å². The third-order valence-corrected chi connectivity index (χ3v) is 10.1. The van der Waals surface area contributed by atoms with E-state index in [0.29, 0.717) is 19.6 Å². The first-order valence-corrected chi connectivity index (χ1v) is 15.1.